The average molecular weight is 459 g/mol. The Morgan fingerprint density at radius 1 is 1.34 bits per heavy atom. The van der Waals surface area contributed by atoms with Gasteiger partial charge in [0.1, 0.15) is 12.4 Å². The van der Waals surface area contributed by atoms with Crippen LogP contribution in [-0.2, 0) is 22.4 Å². The maximum atomic E-state index is 12.9. The third kappa shape index (κ3) is 4.86. The van der Waals surface area contributed by atoms with Crippen molar-refractivity contribution in [3.05, 3.63) is 70.2 Å². The van der Waals surface area contributed by atoms with Gasteiger partial charge in [-0.2, -0.15) is 0 Å². The van der Waals surface area contributed by atoms with Crippen molar-refractivity contribution in [3.8, 4) is 5.75 Å². The fraction of sp³-hybridized carbons (Fsp3) is 0.273. The molecule has 2 aromatic carbocycles. The standard InChI is InChI=1S/C22H23BrN2O4/c1-3-10-28-22(27)29-16-11-14(2)17(18(23)12-16)13-19(24)21(26)25-9-8-15-6-4-5-7-20(15)25/h3-7,11-12,19H,1,8-10,13,24H2,2H3/t19-/m1/s1. The molecule has 1 aliphatic rings. The Morgan fingerprint density at radius 2 is 2.10 bits per heavy atom. The Kier molecular flexibility index (Phi) is 6.71. The molecule has 0 unspecified atom stereocenters. The number of benzene rings is 2. The first-order valence-corrected chi connectivity index (χ1v) is 10.1. The van der Waals surface area contributed by atoms with E-state index in [1.165, 1.54) is 6.08 Å². The molecule has 0 aliphatic carbocycles. The van der Waals surface area contributed by atoms with E-state index in [2.05, 4.69) is 22.5 Å². The Bertz CT molecular complexity index is 921. The van der Waals surface area contributed by atoms with E-state index in [0.717, 1.165) is 28.8 Å². The Morgan fingerprint density at radius 3 is 2.83 bits per heavy atom. The molecule has 29 heavy (non-hydrogen) atoms. The fourth-order valence-corrected chi connectivity index (χ4v) is 4.09. The SMILES string of the molecule is C=CCOC(=O)Oc1cc(C)c(C[C@@H](N)C(=O)N2CCc3ccccc32)c(Br)c1. The molecule has 1 heterocycles. The number of hydrogen-bond acceptors (Lipinski definition) is 5. The lowest BCUT2D eigenvalue weighted by molar-refractivity contribution is -0.119. The molecule has 0 radical (unpaired) electrons. The normalized spacial score (nSPS) is 13.6. The second-order valence-electron chi connectivity index (χ2n) is 6.83. The molecule has 0 aromatic heterocycles. The van der Waals surface area contributed by atoms with Crippen LogP contribution >= 0.6 is 15.9 Å². The zero-order chi connectivity index (χ0) is 21.0. The highest BCUT2D eigenvalue weighted by molar-refractivity contribution is 9.10. The van der Waals surface area contributed by atoms with Gasteiger partial charge in [-0.05, 0) is 54.7 Å². The number of nitrogens with zero attached hydrogens (tertiary/aromatic N) is 1. The number of aryl methyl sites for hydroxylation is 1. The molecule has 2 N–H and O–H groups in total. The summed E-state index contributed by atoms with van der Waals surface area (Å²) in [5.74, 6) is 0.245. The van der Waals surface area contributed by atoms with E-state index in [-0.39, 0.29) is 12.5 Å². The summed E-state index contributed by atoms with van der Waals surface area (Å²) in [6.45, 7) is 6.08. The van der Waals surface area contributed by atoms with Gasteiger partial charge in [0.2, 0.25) is 5.91 Å². The van der Waals surface area contributed by atoms with Gasteiger partial charge in [0, 0.05) is 16.7 Å². The fourth-order valence-electron chi connectivity index (χ4n) is 3.39. The van der Waals surface area contributed by atoms with Gasteiger partial charge < -0.3 is 20.1 Å². The van der Waals surface area contributed by atoms with Crippen molar-refractivity contribution in [1.29, 1.82) is 0 Å². The maximum Gasteiger partial charge on any atom is 0.514 e. The van der Waals surface area contributed by atoms with Crippen LogP contribution in [0.25, 0.3) is 0 Å². The molecule has 7 heteroatoms. The van der Waals surface area contributed by atoms with Crippen LogP contribution in [0.5, 0.6) is 5.75 Å². The summed E-state index contributed by atoms with van der Waals surface area (Å²) in [4.78, 5) is 26.3. The summed E-state index contributed by atoms with van der Waals surface area (Å²) in [6, 6.07) is 10.6. The summed E-state index contributed by atoms with van der Waals surface area (Å²) in [7, 11) is 0. The van der Waals surface area contributed by atoms with Crippen LogP contribution in [0.3, 0.4) is 0 Å². The molecule has 1 aliphatic heterocycles. The Balaban J connectivity index is 1.70. The number of ether oxygens (including phenoxy) is 2. The van der Waals surface area contributed by atoms with Crippen LogP contribution < -0.4 is 15.4 Å². The molecule has 0 saturated carbocycles. The Labute approximate surface area is 178 Å². The van der Waals surface area contributed by atoms with E-state index in [4.69, 9.17) is 15.2 Å². The molecule has 1 atom stereocenters. The number of carbonyl (C=O) groups excluding carboxylic acids is 2. The minimum absolute atomic E-state index is 0.0770. The van der Waals surface area contributed by atoms with E-state index < -0.39 is 12.2 Å². The van der Waals surface area contributed by atoms with Gasteiger partial charge in [0.05, 0.1) is 6.04 Å². The van der Waals surface area contributed by atoms with Crippen molar-refractivity contribution in [2.45, 2.75) is 25.8 Å². The third-order valence-electron chi connectivity index (χ3n) is 4.81. The van der Waals surface area contributed by atoms with Crippen molar-refractivity contribution in [2.24, 2.45) is 5.73 Å². The summed E-state index contributed by atoms with van der Waals surface area (Å²) < 4.78 is 10.7. The van der Waals surface area contributed by atoms with E-state index in [9.17, 15) is 9.59 Å². The highest BCUT2D eigenvalue weighted by atomic mass is 79.9. The highest BCUT2D eigenvalue weighted by Crippen LogP contribution is 2.30. The number of para-hydroxylation sites is 1. The van der Waals surface area contributed by atoms with Crippen LogP contribution in [0, 0.1) is 6.92 Å². The molecule has 0 spiro atoms. The Hall–Kier alpha value is -2.64. The first kappa shape index (κ1) is 21.1. The number of halogens is 1. The number of fused-ring (bicyclic) bond motifs is 1. The highest BCUT2D eigenvalue weighted by Gasteiger charge is 2.28. The van der Waals surface area contributed by atoms with Gasteiger partial charge in [-0.3, -0.25) is 4.79 Å². The van der Waals surface area contributed by atoms with Gasteiger partial charge >= 0.3 is 6.16 Å². The van der Waals surface area contributed by atoms with Crippen molar-refractivity contribution >= 4 is 33.7 Å². The van der Waals surface area contributed by atoms with Crippen molar-refractivity contribution in [3.63, 3.8) is 0 Å². The number of nitrogens with two attached hydrogens (primary N) is 1. The molecule has 0 saturated heterocycles. The van der Waals surface area contributed by atoms with Crippen molar-refractivity contribution < 1.29 is 19.1 Å². The minimum atomic E-state index is -0.802. The zero-order valence-electron chi connectivity index (χ0n) is 16.2. The molecular formula is C22H23BrN2O4. The van der Waals surface area contributed by atoms with E-state index >= 15 is 0 Å². The topological polar surface area (TPSA) is 81.9 Å². The first-order chi connectivity index (χ1) is 13.9. The quantitative estimate of drug-likeness (QED) is 0.403. The molecular weight excluding hydrogens is 436 g/mol. The minimum Gasteiger partial charge on any atom is -0.430 e. The third-order valence-corrected chi connectivity index (χ3v) is 5.51. The molecule has 1 amide bonds. The largest absolute Gasteiger partial charge is 0.514 e. The zero-order valence-corrected chi connectivity index (χ0v) is 17.8. The predicted octanol–water partition coefficient (Wildman–Crippen LogP) is 3.92. The van der Waals surface area contributed by atoms with Crippen LogP contribution in [-0.4, -0.2) is 31.3 Å². The average Bonchev–Trinajstić information content (AvgIpc) is 3.12. The number of amides is 1. The molecule has 0 bridgehead atoms. The van der Waals surface area contributed by atoms with Crippen LogP contribution in [0.4, 0.5) is 10.5 Å². The summed E-state index contributed by atoms with van der Waals surface area (Å²) in [5, 5.41) is 0. The number of anilines is 1. The summed E-state index contributed by atoms with van der Waals surface area (Å²) in [5.41, 5.74) is 10.1. The summed E-state index contributed by atoms with van der Waals surface area (Å²) in [6.07, 6.45) is 1.86. The maximum absolute atomic E-state index is 12.9. The summed E-state index contributed by atoms with van der Waals surface area (Å²) >= 11 is 3.50. The molecule has 0 fully saturated rings. The number of carbonyl (C=O) groups is 2. The number of hydrogen-bond donors (Lipinski definition) is 1. The van der Waals surface area contributed by atoms with Crippen molar-refractivity contribution in [1.82, 2.24) is 0 Å². The van der Waals surface area contributed by atoms with Crippen LogP contribution in [0.2, 0.25) is 0 Å². The molecule has 152 valence electrons. The van der Waals surface area contributed by atoms with Gasteiger partial charge in [-0.25, -0.2) is 4.79 Å². The van der Waals surface area contributed by atoms with Crippen LogP contribution in [0.15, 0.2) is 53.5 Å². The van der Waals surface area contributed by atoms with Gasteiger partial charge in [-0.15, -0.1) is 0 Å². The molecule has 6 nitrogen and oxygen atoms in total. The van der Waals surface area contributed by atoms with Crippen molar-refractivity contribution in [2.75, 3.05) is 18.1 Å². The monoisotopic (exact) mass is 458 g/mol. The second kappa shape index (κ2) is 9.24. The molecule has 2 aromatic rings. The van der Waals surface area contributed by atoms with E-state index in [1.807, 2.05) is 31.2 Å². The van der Waals surface area contributed by atoms with Gasteiger partial charge in [0.25, 0.3) is 0 Å². The molecule has 3 rings (SSSR count). The second-order valence-corrected chi connectivity index (χ2v) is 7.69. The smallest absolute Gasteiger partial charge is 0.430 e. The lowest BCUT2D eigenvalue weighted by Gasteiger charge is -2.22. The predicted molar refractivity (Wildman–Crippen MR) is 115 cm³/mol. The first-order valence-electron chi connectivity index (χ1n) is 9.30. The van der Waals surface area contributed by atoms with E-state index in [0.29, 0.717) is 23.2 Å². The van der Waals surface area contributed by atoms with Gasteiger partial charge in [0.15, 0.2) is 0 Å². The lowest BCUT2D eigenvalue weighted by Crippen LogP contribution is -2.44. The van der Waals surface area contributed by atoms with E-state index in [1.54, 1.807) is 17.0 Å². The number of rotatable bonds is 6. The van der Waals surface area contributed by atoms with Gasteiger partial charge in [-0.1, -0.05) is 46.8 Å². The lowest BCUT2D eigenvalue weighted by atomic mass is 10.0. The van der Waals surface area contributed by atoms with Crippen LogP contribution in [0.1, 0.15) is 16.7 Å².